The lowest BCUT2D eigenvalue weighted by Gasteiger charge is -2.11. The maximum Gasteiger partial charge on any atom is 0.275 e. The van der Waals surface area contributed by atoms with E-state index >= 15 is 0 Å². The van der Waals surface area contributed by atoms with Crippen LogP contribution >= 0.6 is 23.2 Å². The van der Waals surface area contributed by atoms with E-state index in [9.17, 15) is 4.79 Å². The molecule has 0 aliphatic heterocycles. The van der Waals surface area contributed by atoms with Gasteiger partial charge in [0.1, 0.15) is 12.0 Å². The SMILES string of the molecule is CC(C)Oc1ccc(-c2nc(-n3cc(Cl)c4cc(C=O)ccc43)no2)cc1Cl. The fourth-order valence-electron chi connectivity index (χ4n) is 2.86. The van der Waals surface area contributed by atoms with Gasteiger partial charge in [0.2, 0.25) is 0 Å². The maximum absolute atomic E-state index is 11.0. The van der Waals surface area contributed by atoms with Crippen LogP contribution in [0, 0.1) is 0 Å². The van der Waals surface area contributed by atoms with Crippen molar-refractivity contribution in [1.29, 1.82) is 0 Å². The maximum atomic E-state index is 11.0. The van der Waals surface area contributed by atoms with Crippen molar-refractivity contribution >= 4 is 40.4 Å². The second kappa shape index (κ2) is 7.30. The Morgan fingerprint density at radius 1 is 1.14 bits per heavy atom. The molecule has 0 bridgehead atoms. The molecule has 0 radical (unpaired) electrons. The third-order valence-corrected chi connectivity index (χ3v) is 4.68. The van der Waals surface area contributed by atoms with Crippen LogP contribution in [-0.4, -0.2) is 27.1 Å². The lowest BCUT2D eigenvalue weighted by atomic mass is 10.2. The number of hydrogen-bond donors (Lipinski definition) is 0. The van der Waals surface area contributed by atoms with E-state index < -0.39 is 0 Å². The molecule has 0 fully saturated rings. The van der Waals surface area contributed by atoms with Crippen LogP contribution < -0.4 is 4.74 Å². The van der Waals surface area contributed by atoms with Crippen molar-refractivity contribution in [2.45, 2.75) is 20.0 Å². The fraction of sp³-hybridized carbons (Fsp3) is 0.150. The Bertz CT molecular complexity index is 1180. The van der Waals surface area contributed by atoms with Gasteiger partial charge in [-0.15, -0.1) is 0 Å². The second-order valence-corrected chi connectivity index (χ2v) is 7.27. The summed E-state index contributed by atoms with van der Waals surface area (Å²) in [5.41, 5.74) is 1.98. The van der Waals surface area contributed by atoms with Crippen molar-refractivity contribution in [3.63, 3.8) is 0 Å². The number of benzene rings is 2. The molecule has 0 N–H and O–H groups in total. The van der Waals surface area contributed by atoms with Gasteiger partial charge in [0, 0.05) is 22.7 Å². The molecule has 0 saturated carbocycles. The average Bonchev–Trinajstić information content (AvgIpc) is 3.28. The molecule has 0 spiro atoms. The summed E-state index contributed by atoms with van der Waals surface area (Å²) in [6.45, 7) is 3.86. The number of aldehydes is 1. The topological polar surface area (TPSA) is 70.2 Å². The first kappa shape index (κ1) is 18.5. The zero-order valence-corrected chi connectivity index (χ0v) is 16.5. The molecule has 4 rings (SSSR count). The molecule has 0 atom stereocenters. The van der Waals surface area contributed by atoms with Crippen LogP contribution in [0.15, 0.2) is 47.1 Å². The molecule has 0 aliphatic rings. The Morgan fingerprint density at radius 3 is 2.68 bits per heavy atom. The summed E-state index contributed by atoms with van der Waals surface area (Å²) in [5.74, 6) is 1.23. The van der Waals surface area contributed by atoms with Crippen LogP contribution in [0.5, 0.6) is 5.75 Å². The lowest BCUT2D eigenvalue weighted by Crippen LogP contribution is -2.05. The largest absolute Gasteiger partial charge is 0.489 e. The van der Waals surface area contributed by atoms with E-state index in [0.717, 1.165) is 17.2 Å². The molecule has 2 aromatic carbocycles. The molecule has 2 aromatic heterocycles. The number of carbonyl (C=O) groups excluding carboxylic acids is 1. The summed E-state index contributed by atoms with van der Waals surface area (Å²) in [6.07, 6.45) is 2.47. The van der Waals surface area contributed by atoms with E-state index in [0.29, 0.717) is 38.8 Å². The normalized spacial score (nSPS) is 11.3. The first-order valence-corrected chi connectivity index (χ1v) is 9.28. The third kappa shape index (κ3) is 3.37. The lowest BCUT2D eigenvalue weighted by molar-refractivity contribution is 0.112. The monoisotopic (exact) mass is 415 g/mol. The first-order chi connectivity index (χ1) is 13.5. The molecule has 0 amide bonds. The molecular weight excluding hydrogens is 401 g/mol. The van der Waals surface area contributed by atoms with E-state index in [1.165, 1.54) is 0 Å². The second-order valence-electron chi connectivity index (χ2n) is 6.45. The van der Waals surface area contributed by atoms with Crippen LogP contribution in [0.2, 0.25) is 10.0 Å². The summed E-state index contributed by atoms with van der Waals surface area (Å²) >= 11 is 12.6. The molecule has 2 heterocycles. The van der Waals surface area contributed by atoms with Gasteiger partial charge in [-0.2, -0.15) is 4.98 Å². The zero-order valence-electron chi connectivity index (χ0n) is 15.0. The van der Waals surface area contributed by atoms with Gasteiger partial charge in [-0.25, -0.2) is 0 Å². The van der Waals surface area contributed by atoms with Gasteiger partial charge in [0.05, 0.1) is 21.7 Å². The summed E-state index contributed by atoms with van der Waals surface area (Å²) in [5, 5.41) is 5.73. The number of ether oxygens (including phenoxy) is 1. The van der Waals surface area contributed by atoms with E-state index in [2.05, 4.69) is 10.1 Å². The first-order valence-electron chi connectivity index (χ1n) is 8.52. The Labute approximate surface area is 170 Å². The minimum absolute atomic E-state index is 0.0184. The predicted molar refractivity (Wildman–Crippen MR) is 108 cm³/mol. The molecule has 6 nitrogen and oxygen atoms in total. The van der Waals surface area contributed by atoms with Crippen molar-refractivity contribution in [2.24, 2.45) is 0 Å². The van der Waals surface area contributed by atoms with Gasteiger partial charge in [0.15, 0.2) is 0 Å². The van der Waals surface area contributed by atoms with Crippen molar-refractivity contribution < 1.29 is 14.1 Å². The number of carbonyl (C=O) groups is 1. The van der Waals surface area contributed by atoms with Crippen molar-refractivity contribution in [3.8, 4) is 23.2 Å². The van der Waals surface area contributed by atoms with Gasteiger partial charge in [-0.3, -0.25) is 9.36 Å². The van der Waals surface area contributed by atoms with Crippen LogP contribution in [0.4, 0.5) is 0 Å². The number of halogens is 2. The van der Waals surface area contributed by atoms with Crippen LogP contribution in [0.1, 0.15) is 24.2 Å². The zero-order chi connectivity index (χ0) is 19.8. The van der Waals surface area contributed by atoms with Gasteiger partial charge < -0.3 is 9.26 Å². The minimum atomic E-state index is 0.0184. The number of hydrogen-bond acceptors (Lipinski definition) is 5. The van der Waals surface area contributed by atoms with E-state index in [1.54, 1.807) is 47.2 Å². The molecule has 4 aromatic rings. The molecule has 28 heavy (non-hydrogen) atoms. The molecule has 0 saturated heterocycles. The highest BCUT2D eigenvalue weighted by molar-refractivity contribution is 6.35. The Balaban J connectivity index is 1.71. The van der Waals surface area contributed by atoms with Crippen molar-refractivity contribution in [2.75, 3.05) is 0 Å². The quantitative estimate of drug-likeness (QED) is 0.397. The van der Waals surface area contributed by atoms with E-state index in [-0.39, 0.29) is 6.10 Å². The molecule has 0 aliphatic carbocycles. The van der Waals surface area contributed by atoms with E-state index in [1.807, 2.05) is 13.8 Å². The summed E-state index contributed by atoms with van der Waals surface area (Å²) < 4.78 is 12.7. The summed E-state index contributed by atoms with van der Waals surface area (Å²) in [4.78, 5) is 15.4. The molecule has 0 unspecified atom stereocenters. The number of rotatable bonds is 5. The number of fused-ring (bicyclic) bond motifs is 1. The number of aromatic nitrogens is 3. The van der Waals surface area contributed by atoms with Gasteiger partial charge in [0.25, 0.3) is 11.8 Å². The van der Waals surface area contributed by atoms with Gasteiger partial charge in [-0.05, 0) is 55.4 Å². The standard InChI is InChI=1S/C20H15Cl2N3O3/c1-11(2)27-18-6-4-13(8-15(18)21)19-23-20(24-28-19)25-9-16(22)14-7-12(10-26)3-5-17(14)25/h3-11H,1-2H3. The van der Waals surface area contributed by atoms with Crippen LogP contribution in [0.3, 0.4) is 0 Å². The molecule has 8 heteroatoms. The van der Waals surface area contributed by atoms with E-state index in [4.69, 9.17) is 32.5 Å². The minimum Gasteiger partial charge on any atom is -0.489 e. The summed E-state index contributed by atoms with van der Waals surface area (Å²) in [6, 6.07) is 10.5. The van der Waals surface area contributed by atoms with Crippen LogP contribution in [0.25, 0.3) is 28.3 Å². The number of nitrogens with zero attached hydrogens (tertiary/aromatic N) is 3. The predicted octanol–water partition coefficient (Wildman–Crippen LogP) is 5.59. The third-order valence-electron chi connectivity index (χ3n) is 4.09. The highest BCUT2D eigenvalue weighted by atomic mass is 35.5. The smallest absolute Gasteiger partial charge is 0.275 e. The van der Waals surface area contributed by atoms with Gasteiger partial charge in [-0.1, -0.05) is 23.2 Å². The van der Waals surface area contributed by atoms with Gasteiger partial charge >= 0.3 is 0 Å². The highest BCUT2D eigenvalue weighted by Gasteiger charge is 2.16. The summed E-state index contributed by atoms with van der Waals surface area (Å²) in [7, 11) is 0. The van der Waals surface area contributed by atoms with Crippen LogP contribution in [-0.2, 0) is 0 Å². The Hall–Kier alpha value is -2.83. The highest BCUT2D eigenvalue weighted by Crippen LogP contribution is 2.32. The molecule has 142 valence electrons. The Morgan fingerprint density at radius 2 is 1.96 bits per heavy atom. The average molecular weight is 416 g/mol. The molecular formula is C20H15Cl2N3O3. The van der Waals surface area contributed by atoms with Crippen molar-refractivity contribution in [3.05, 3.63) is 58.2 Å². The fourth-order valence-corrected chi connectivity index (χ4v) is 3.33. The van der Waals surface area contributed by atoms with Crippen molar-refractivity contribution in [1.82, 2.24) is 14.7 Å². The Kier molecular flexibility index (Phi) is 4.83.